The fourth-order valence-electron chi connectivity index (χ4n) is 1.87. The van der Waals surface area contributed by atoms with Crippen molar-refractivity contribution in [3.63, 3.8) is 0 Å². The largest absolute Gasteiger partial charge is 0.467 e. The molecule has 0 radical (unpaired) electrons. The lowest BCUT2D eigenvalue weighted by atomic mass is 10.1. The number of hydrogen-bond acceptors (Lipinski definition) is 4. The molecule has 112 valence electrons. The van der Waals surface area contributed by atoms with E-state index >= 15 is 0 Å². The summed E-state index contributed by atoms with van der Waals surface area (Å²) in [6.07, 6.45) is -0.834. The number of rotatable bonds is 6. The summed E-state index contributed by atoms with van der Waals surface area (Å²) in [7, 11) is 0. The number of furan rings is 1. The normalized spacial score (nSPS) is 13.7. The summed E-state index contributed by atoms with van der Waals surface area (Å²) in [6.45, 7) is -0.0256. The van der Waals surface area contributed by atoms with Gasteiger partial charge in [0.15, 0.2) is 0 Å². The molecule has 0 spiro atoms. The van der Waals surface area contributed by atoms with Crippen LogP contribution in [0.15, 0.2) is 47.1 Å². The zero-order valence-electron chi connectivity index (χ0n) is 11.2. The molecule has 2 unspecified atom stereocenters. The Bertz CT molecular complexity index is 585. The molecule has 0 fully saturated rings. The average molecular weight is 293 g/mol. The number of carbonyl (C=O) groups excluding carboxylic acids is 1. The van der Waals surface area contributed by atoms with E-state index in [1.54, 1.807) is 18.2 Å². The van der Waals surface area contributed by atoms with Crippen molar-refractivity contribution in [2.24, 2.45) is 0 Å². The van der Waals surface area contributed by atoms with Crippen LogP contribution < -0.4 is 5.32 Å². The molecule has 0 aliphatic carbocycles. The minimum absolute atomic E-state index is 0.0256. The Kier molecular flexibility index (Phi) is 5.08. The topological polar surface area (TPSA) is 82.7 Å². The van der Waals surface area contributed by atoms with Crippen LogP contribution >= 0.6 is 0 Å². The van der Waals surface area contributed by atoms with Gasteiger partial charge in [0.1, 0.15) is 17.7 Å². The Morgan fingerprint density at radius 3 is 2.71 bits per heavy atom. The van der Waals surface area contributed by atoms with E-state index in [9.17, 15) is 19.4 Å². The van der Waals surface area contributed by atoms with Crippen molar-refractivity contribution in [1.82, 2.24) is 5.32 Å². The predicted octanol–water partition coefficient (Wildman–Crippen LogP) is 1.69. The van der Waals surface area contributed by atoms with Crippen LogP contribution in [0.1, 0.15) is 30.0 Å². The summed E-state index contributed by atoms with van der Waals surface area (Å²) in [4.78, 5) is 11.7. The van der Waals surface area contributed by atoms with Gasteiger partial charge >= 0.3 is 0 Å². The van der Waals surface area contributed by atoms with Crippen LogP contribution in [0.5, 0.6) is 0 Å². The first-order valence-electron chi connectivity index (χ1n) is 6.48. The molecule has 5 nitrogen and oxygen atoms in total. The van der Waals surface area contributed by atoms with Crippen molar-refractivity contribution in [1.29, 1.82) is 0 Å². The van der Waals surface area contributed by atoms with E-state index in [0.717, 1.165) is 0 Å². The quantitative estimate of drug-likeness (QED) is 0.757. The van der Waals surface area contributed by atoms with Crippen molar-refractivity contribution in [3.05, 3.63) is 59.8 Å². The molecule has 0 saturated carbocycles. The lowest BCUT2D eigenvalue weighted by molar-refractivity contribution is -0.123. The first-order valence-corrected chi connectivity index (χ1v) is 6.48. The molecule has 1 heterocycles. The maximum absolute atomic E-state index is 13.0. The van der Waals surface area contributed by atoms with Crippen molar-refractivity contribution in [3.8, 4) is 0 Å². The highest BCUT2D eigenvalue weighted by molar-refractivity contribution is 5.76. The minimum atomic E-state index is -1.10. The molecule has 2 atom stereocenters. The molecule has 1 aromatic heterocycles. The van der Waals surface area contributed by atoms with Gasteiger partial charge in [0, 0.05) is 0 Å². The zero-order chi connectivity index (χ0) is 15.2. The molecule has 21 heavy (non-hydrogen) atoms. The van der Waals surface area contributed by atoms with Crippen LogP contribution in [0.3, 0.4) is 0 Å². The number of carbonyl (C=O) groups is 1. The molecular weight excluding hydrogens is 277 g/mol. The minimum Gasteiger partial charge on any atom is -0.467 e. The van der Waals surface area contributed by atoms with Crippen molar-refractivity contribution < 1.29 is 23.8 Å². The van der Waals surface area contributed by atoms with Crippen LogP contribution in [0.4, 0.5) is 4.39 Å². The highest BCUT2D eigenvalue weighted by Gasteiger charge is 2.16. The molecule has 6 heteroatoms. The number of amides is 1. The molecule has 0 aliphatic heterocycles. The standard InChI is InChI=1S/C15H16FNO4/c16-11-4-1-3-10(7-11)12(18)8-15(20)17-9-13(19)14-5-2-6-21-14/h1-7,12-13,18-19H,8-9H2,(H,17,20). The third-order valence-corrected chi connectivity index (χ3v) is 2.98. The lowest BCUT2D eigenvalue weighted by Gasteiger charge is -2.13. The van der Waals surface area contributed by atoms with Crippen LogP contribution in [0, 0.1) is 5.82 Å². The molecule has 3 N–H and O–H groups in total. The summed E-state index contributed by atoms with van der Waals surface area (Å²) >= 11 is 0. The number of aliphatic hydroxyl groups excluding tert-OH is 2. The molecule has 0 bridgehead atoms. The maximum Gasteiger partial charge on any atom is 0.223 e. The van der Waals surface area contributed by atoms with E-state index in [1.807, 2.05) is 0 Å². The van der Waals surface area contributed by atoms with Crippen molar-refractivity contribution >= 4 is 5.91 Å². The van der Waals surface area contributed by atoms with Crippen molar-refractivity contribution in [2.75, 3.05) is 6.54 Å². The molecule has 1 aromatic carbocycles. The summed E-state index contributed by atoms with van der Waals surface area (Å²) in [6, 6.07) is 8.67. The number of nitrogens with one attached hydrogen (secondary N) is 1. The molecule has 2 rings (SSSR count). The van der Waals surface area contributed by atoms with Gasteiger partial charge in [0.05, 0.1) is 25.3 Å². The van der Waals surface area contributed by atoms with Gasteiger partial charge < -0.3 is 19.9 Å². The third-order valence-electron chi connectivity index (χ3n) is 2.98. The Morgan fingerprint density at radius 2 is 2.05 bits per heavy atom. The van der Waals surface area contributed by atoms with Gasteiger partial charge in [-0.1, -0.05) is 12.1 Å². The molecule has 1 amide bonds. The monoisotopic (exact) mass is 293 g/mol. The van der Waals surface area contributed by atoms with E-state index < -0.39 is 23.9 Å². The van der Waals surface area contributed by atoms with Crippen LogP contribution in [0.2, 0.25) is 0 Å². The Hall–Kier alpha value is -2.18. The molecule has 2 aromatic rings. The van der Waals surface area contributed by atoms with E-state index in [2.05, 4.69) is 5.32 Å². The smallest absolute Gasteiger partial charge is 0.223 e. The Morgan fingerprint density at radius 1 is 1.24 bits per heavy atom. The van der Waals surface area contributed by atoms with Gasteiger partial charge in [0.25, 0.3) is 0 Å². The predicted molar refractivity (Wildman–Crippen MR) is 72.7 cm³/mol. The first kappa shape index (κ1) is 15.2. The van der Waals surface area contributed by atoms with Gasteiger partial charge in [-0.15, -0.1) is 0 Å². The summed E-state index contributed by atoms with van der Waals surface area (Å²) in [5.74, 6) is -0.571. The lowest BCUT2D eigenvalue weighted by Crippen LogP contribution is -2.29. The Balaban J connectivity index is 1.81. The molecular formula is C15H16FNO4. The van der Waals surface area contributed by atoms with Crippen LogP contribution in [0.25, 0.3) is 0 Å². The van der Waals surface area contributed by atoms with Crippen molar-refractivity contribution in [2.45, 2.75) is 18.6 Å². The summed E-state index contributed by atoms with van der Waals surface area (Å²) < 4.78 is 18.0. The zero-order valence-corrected chi connectivity index (χ0v) is 11.2. The van der Waals surface area contributed by atoms with E-state index in [0.29, 0.717) is 11.3 Å². The van der Waals surface area contributed by atoms with E-state index in [4.69, 9.17) is 4.42 Å². The second-order valence-electron chi connectivity index (χ2n) is 4.61. The number of hydrogen-bond donors (Lipinski definition) is 3. The van der Waals surface area contributed by atoms with Gasteiger partial charge in [-0.25, -0.2) is 4.39 Å². The van der Waals surface area contributed by atoms with Gasteiger partial charge in [0.2, 0.25) is 5.91 Å². The van der Waals surface area contributed by atoms with Crippen LogP contribution in [-0.2, 0) is 4.79 Å². The maximum atomic E-state index is 13.0. The number of benzene rings is 1. The fraction of sp³-hybridized carbons (Fsp3) is 0.267. The first-order chi connectivity index (χ1) is 10.1. The van der Waals surface area contributed by atoms with Gasteiger partial charge in [-0.05, 0) is 29.8 Å². The average Bonchev–Trinajstić information content (AvgIpc) is 2.99. The second kappa shape index (κ2) is 7.01. The molecule has 0 aliphatic rings. The second-order valence-corrected chi connectivity index (χ2v) is 4.61. The third kappa shape index (κ3) is 4.40. The highest BCUT2D eigenvalue weighted by Crippen LogP contribution is 2.17. The highest BCUT2D eigenvalue weighted by atomic mass is 19.1. The van der Waals surface area contributed by atoms with Gasteiger partial charge in [-0.2, -0.15) is 0 Å². The Labute approximate surface area is 121 Å². The number of aliphatic hydroxyl groups is 2. The number of halogens is 1. The summed E-state index contributed by atoms with van der Waals surface area (Å²) in [5.41, 5.74) is 0.330. The SMILES string of the molecule is O=C(CC(O)c1cccc(F)c1)NCC(O)c1ccco1. The fourth-order valence-corrected chi connectivity index (χ4v) is 1.87. The van der Waals surface area contributed by atoms with Crippen LogP contribution in [-0.4, -0.2) is 22.7 Å². The summed E-state index contributed by atoms with van der Waals surface area (Å²) in [5, 5.41) is 22.1. The molecule has 0 saturated heterocycles. The van der Waals surface area contributed by atoms with E-state index in [1.165, 1.54) is 24.5 Å². The van der Waals surface area contributed by atoms with Gasteiger partial charge in [-0.3, -0.25) is 4.79 Å². The van der Waals surface area contributed by atoms with E-state index in [-0.39, 0.29) is 13.0 Å².